The smallest absolute Gasteiger partial charge is 0.352 e. The molecule has 8 heteroatoms. The van der Waals surface area contributed by atoms with Crippen molar-refractivity contribution in [3.63, 3.8) is 0 Å². The Labute approximate surface area is 150 Å². The van der Waals surface area contributed by atoms with E-state index < -0.39 is 66.2 Å². The number of fused-ring (bicyclic) bond motifs is 1. The van der Waals surface area contributed by atoms with Crippen LogP contribution >= 0.6 is 11.8 Å². The molecule has 0 spiro atoms. The van der Waals surface area contributed by atoms with Gasteiger partial charge in [0.05, 0.1) is 4.11 Å². The fourth-order valence-electron chi connectivity index (χ4n) is 2.66. The number of hydrogen-bond acceptors (Lipinski definition) is 5. The molecular formula is C16H19N3O4S. The number of aliphatic carboxylic acids is 1. The zero-order chi connectivity index (χ0) is 21.8. The standard InChI is InChI=1S/C16H19N3O4S/c1-8-7-24-15-11(14(21)19(15)12(8)16(22)23)18-13(20)10(17)9-5-3-2-4-6-9/h2-3,6,10-11,15H,4-5,7,17H2,1H3,(H,18,20)(H,22,23)/t10-,11-,15-/m1/s1/i2D,3D,4D,5D,6D/t4?,5?,10-,11-,15-. The van der Waals surface area contributed by atoms with Gasteiger partial charge in [-0.1, -0.05) is 18.2 Å². The molecule has 0 aromatic rings. The number of carbonyl (C=O) groups is 3. The molecule has 1 fully saturated rings. The van der Waals surface area contributed by atoms with Gasteiger partial charge in [0, 0.05) is 8.49 Å². The van der Waals surface area contributed by atoms with Crippen molar-refractivity contribution in [3.8, 4) is 0 Å². The van der Waals surface area contributed by atoms with E-state index in [-0.39, 0.29) is 11.3 Å². The number of nitrogens with two attached hydrogens (primary N) is 1. The van der Waals surface area contributed by atoms with E-state index in [0.717, 1.165) is 4.90 Å². The topological polar surface area (TPSA) is 113 Å². The Morgan fingerprint density at radius 1 is 1.58 bits per heavy atom. The van der Waals surface area contributed by atoms with Crippen molar-refractivity contribution in [2.75, 3.05) is 5.75 Å². The highest BCUT2D eigenvalue weighted by atomic mass is 32.2. The molecule has 2 unspecified atom stereocenters. The minimum atomic E-state index is -1.54. The van der Waals surface area contributed by atoms with Crippen LogP contribution in [0.2, 0.25) is 0 Å². The number of carbonyl (C=O) groups excluding carboxylic acids is 2. The third-order valence-corrected chi connectivity index (χ3v) is 5.32. The predicted octanol–water partition coefficient (Wildman–Crippen LogP) is 0.349. The monoisotopic (exact) mass is 354 g/mol. The second kappa shape index (κ2) is 6.45. The molecule has 7 nitrogen and oxygen atoms in total. The van der Waals surface area contributed by atoms with E-state index in [9.17, 15) is 19.5 Å². The lowest BCUT2D eigenvalue weighted by atomic mass is 9.97. The summed E-state index contributed by atoms with van der Waals surface area (Å²) in [5.74, 6) is -2.31. The Bertz CT molecular complexity index is 905. The normalized spacial score (nSPS) is 37.5. The van der Waals surface area contributed by atoms with E-state index in [1.807, 2.05) is 0 Å². The summed E-state index contributed by atoms with van der Waals surface area (Å²) in [6, 6.07) is -4.02. The molecule has 0 radical (unpaired) electrons. The maximum atomic E-state index is 12.6. The van der Waals surface area contributed by atoms with Crippen LogP contribution in [0.5, 0.6) is 0 Å². The number of carboxylic acid groups (broad SMARTS) is 1. The van der Waals surface area contributed by atoms with Gasteiger partial charge < -0.3 is 16.2 Å². The van der Waals surface area contributed by atoms with Crippen molar-refractivity contribution in [2.45, 2.75) is 37.2 Å². The van der Waals surface area contributed by atoms with Crippen LogP contribution in [-0.4, -0.2) is 51.0 Å². The first-order chi connectivity index (χ1) is 13.5. The molecule has 2 heterocycles. The zero-order valence-corrected chi connectivity index (χ0v) is 13.5. The highest BCUT2D eigenvalue weighted by Gasteiger charge is 2.53. The van der Waals surface area contributed by atoms with Crippen LogP contribution in [0.1, 0.15) is 26.6 Å². The molecule has 128 valence electrons. The van der Waals surface area contributed by atoms with Crippen LogP contribution in [0.25, 0.3) is 0 Å². The predicted molar refractivity (Wildman–Crippen MR) is 89.8 cm³/mol. The number of nitrogens with zero attached hydrogens (tertiary/aromatic N) is 1. The third kappa shape index (κ3) is 2.76. The molecule has 4 N–H and O–H groups in total. The van der Waals surface area contributed by atoms with E-state index in [0.29, 0.717) is 11.3 Å². The Morgan fingerprint density at radius 3 is 3.04 bits per heavy atom. The van der Waals surface area contributed by atoms with Gasteiger partial charge in [-0.2, -0.15) is 0 Å². The van der Waals surface area contributed by atoms with Gasteiger partial charge in [0.25, 0.3) is 5.91 Å². The average molecular weight is 354 g/mol. The molecule has 1 aliphatic carbocycles. The summed E-state index contributed by atoms with van der Waals surface area (Å²) in [6.45, 7) is 1.62. The van der Waals surface area contributed by atoms with Crippen molar-refractivity contribution >= 4 is 29.5 Å². The second-order valence-corrected chi connectivity index (χ2v) is 6.59. The molecule has 5 atom stereocenters. The van der Waals surface area contributed by atoms with Gasteiger partial charge >= 0.3 is 5.97 Å². The molecule has 0 aromatic heterocycles. The first-order valence-electron chi connectivity index (χ1n) is 9.80. The van der Waals surface area contributed by atoms with E-state index in [4.69, 9.17) is 12.6 Å². The molecule has 3 rings (SSSR count). The van der Waals surface area contributed by atoms with E-state index in [1.54, 1.807) is 6.92 Å². The maximum absolute atomic E-state index is 12.6. The van der Waals surface area contributed by atoms with Gasteiger partial charge in [0.1, 0.15) is 23.2 Å². The Morgan fingerprint density at radius 2 is 2.33 bits per heavy atom. The summed E-state index contributed by atoms with van der Waals surface area (Å²) < 4.78 is 39.1. The summed E-state index contributed by atoms with van der Waals surface area (Å²) in [4.78, 5) is 37.6. The first-order valence-corrected chi connectivity index (χ1v) is 8.19. The maximum Gasteiger partial charge on any atom is 0.352 e. The second-order valence-electron chi connectivity index (χ2n) is 5.48. The number of amides is 2. The fraction of sp³-hybridized carbons (Fsp3) is 0.438. The van der Waals surface area contributed by atoms with Gasteiger partial charge in [-0.05, 0) is 30.9 Å². The quantitative estimate of drug-likeness (QED) is 0.496. The van der Waals surface area contributed by atoms with Crippen LogP contribution in [-0.2, 0) is 14.4 Å². The van der Waals surface area contributed by atoms with Crippen molar-refractivity contribution < 1.29 is 26.3 Å². The minimum absolute atomic E-state index is 0.104. The Hall–Kier alpha value is -2.06. The molecule has 2 aliphatic heterocycles. The molecule has 2 amide bonds. The highest BCUT2D eigenvalue weighted by Crippen LogP contribution is 2.40. The number of hydrogen-bond donors (Lipinski definition) is 3. The van der Waals surface area contributed by atoms with Gasteiger partial charge in [-0.15, -0.1) is 11.8 Å². The van der Waals surface area contributed by atoms with E-state index >= 15 is 0 Å². The fourth-order valence-corrected chi connectivity index (χ4v) is 3.95. The minimum Gasteiger partial charge on any atom is -0.477 e. The number of allylic oxidation sites excluding steroid dienone is 3. The van der Waals surface area contributed by atoms with Gasteiger partial charge in [-0.3, -0.25) is 14.5 Å². The van der Waals surface area contributed by atoms with Crippen molar-refractivity contribution in [1.29, 1.82) is 0 Å². The molecule has 3 aliphatic rings. The summed E-state index contributed by atoms with van der Waals surface area (Å²) in [7, 11) is 0. The van der Waals surface area contributed by atoms with Gasteiger partial charge in [0.2, 0.25) is 5.91 Å². The summed E-state index contributed by atoms with van der Waals surface area (Å²) in [6.07, 6.45) is -3.02. The molecule has 0 bridgehead atoms. The third-order valence-electron chi connectivity index (χ3n) is 3.90. The largest absolute Gasteiger partial charge is 0.477 e. The summed E-state index contributed by atoms with van der Waals surface area (Å²) >= 11 is 1.30. The van der Waals surface area contributed by atoms with E-state index in [2.05, 4.69) is 5.32 Å². The number of carboxylic acids is 1. The SMILES string of the molecule is [2H]C1=C([2H])C([2H])C([C@@H](N)C(=O)N[C@@H]2C(=O)N3C(C(=O)O)=C(C)CS[C@H]23)=C([2H])C1[2H]. The molecule has 0 saturated carbocycles. The van der Waals surface area contributed by atoms with E-state index in [1.165, 1.54) is 11.8 Å². The van der Waals surface area contributed by atoms with Crippen molar-refractivity contribution in [2.24, 2.45) is 5.73 Å². The number of thioether (sulfide) groups is 1. The van der Waals surface area contributed by atoms with Crippen LogP contribution in [0, 0.1) is 0 Å². The molecule has 24 heavy (non-hydrogen) atoms. The first kappa shape index (κ1) is 11.5. The Kier molecular flexibility index (Phi) is 3.08. The molecule has 1 saturated heterocycles. The highest BCUT2D eigenvalue weighted by molar-refractivity contribution is 8.00. The lowest BCUT2D eigenvalue weighted by molar-refractivity contribution is -0.150. The molecule has 0 aromatic carbocycles. The number of β-lactam (4-membered cyclic amide) rings is 1. The average Bonchev–Trinajstić information content (AvgIpc) is 2.68. The van der Waals surface area contributed by atoms with Crippen LogP contribution < -0.4 is 11.1 Å². The van der Waals surface area contributed by atoms with Crippen molar-refractivity contribution in [3.05, 3.63) is 35.0 Å². The summed E-state index contributed by atoms with van der Waals surface area (Å²) in [5.41, 5.74) is 6.06. The van der Waals surface area contributed by atoms with Crippen LogP contribution in [0.4, 0.5) is 0 Å². The van der Waals surface area contributed by atoms with Gasteiger partial charge in [-0.25, -0.2) is 4.79 Å². The van der Waals surface area contributed by atoms with Crippen molar-refractivity contribution in [1.82, 2.24) is 10.2 Å². The van der Waals surface area contributed by atoms with Crippen LogP contribution in [0.3, 0.4) is 0 Å². The zero-order valence-electron chi connectivity index (χ0n) is 17.7. The lowest BCUT2D eigenvalue weighted by Crippen LogP contribution is -2.71. The number of rotatable bonds is 4. The number of nitrogens with one attached hydrogen (secondary N) is 1. The van der Waals surface area contributed by atoms with Crippen LogP contribution in [0.15, 0.2) is 35.0 Å². The Balaban J connectivity index is 1.77. The summed E-state index contributed by atoms with van der Waals surface area (Å²) in [5, 5.41) is 11.2. The lowest BCUT2D eigenvalue weighted by Gasteiger charge is -2.49. The molecular weight excluding hydrogens is 330 g/mol. The van der Waals surface area contributed by atoms with Gasteiger partial charge in [0.15, 0.2) is 0 Å².